The number of nitrogens with one attached hydrogen (secondary N) is 1. The number of carbonyl (C=O) groups excluding carboxylic acids is 1. The van der Waals surface area contributed by atoms with E-state index < -0.39 is 0 Å². The number of piperazine rings is 1. The van der Waals surface area contributed by atoms with Gasteiger partial charge in [0.15, 0.2) is 0 Å². The van der Waals surface area contributed by atoms with Crippen molar-refractivity contribution in [3.8, 4) is 10.6 Å². The molecule has 0 radical (unpaired) electrons. The van der Waals surface area contributed by atoms with E-state index in [9.17, 15) is 4.79 Å². The second kappa shape index (κ2) is 10.2. The summed E-state index contributed by atoms with van der Waals surface area (Å²) in [6.07, 6.45) is 7.73. The highest BCUT2D eigenvalue weighted by Gasteiger charge is 2.32. The molecule has 3 aromatic heterocycles. The molecule has 178 valence electrons. The van der Waals surface area contributed by atoms with Crippen LogP contribution in [-0.4, -0.2) is 63.9 Å². The molecule has 34 heavy (non-hydrogen) atoms. The van der Waals surface area contributed by atoms with Crippen molar-refractivity contribution < 1.29 is 4.79 Å². The predicted molar refractivity (Wildman–Crippen MR) is 136 cm³/mol. The van der Waals surface area contributed by atoms with E-state index in [0.29, 0.717) is 11.8 Å². The highest BCUT2D eigenvalue weighted by Crippen LogP contribution is 2.39. The largest absolute Gasteiger partial charge is 0.340 e. The number of nitrogens with zero attached hydrogens (tertiary/aromatic N) is 5. The van der Waals surface area contributed by atoms with Crippen molar-refractivity contribution in [2.24, 2.45) is 5.92 Å². The number of aromatic nitrogens is 3. The molecule has 4 heterocycles. The lowest BCUT2D eigenvalue weighted by molar-refractivity contribution is -0.138. The van der Waals surface area contributed by atoms with Crippen molar-refractivity contribution in [1.29, 1.82) is 0 Å². The number of likely N-dealkylation sites (N-methyl/N-ethyl adjacent to an activating group) is 1. The molecule has 3 aromatic rings. The number of amides is 1. The van der Waals surface area contributed by atoms with Gasteiger partial charge in [-0.2, -0.15) is 0 Å². The Bertz CT molecular complexity index is 1130. The average molecular weight is 477 g/mol. The topological polar surface area (TPSA) is 74.2 Å². The molecule has 0 aromatic carbocycles. The fraction of sp³-hybridized carbons (Fsp3) is 0.462. The molecule has 7 nitrogen and oxygen atoms in total. The van der Waals surface area contributed by atoms with E-state index in [1.807, 2.05) is 43.5 Å². The molecule has 1 N–H and O–H groups in total. The van der Waals surface area contributed by atoms with Gasteiger partial charge in [0.05, 0.1) is 15.6 Å². The molecule has 1 aliphatic carbocycles. The van der Waals surface area contributed by atoms with Gasteiger partial charge in [0.2, 0.25) is 5.91 Å². The van der Waals surface area contributed by atoms with Crippen molar-refractivity contribution in [3.05, 3.63) is 53.3 Å². The van der Waals surface area contributed by atoms with E-state index in [1.165, 1.54) is 5.01 Å². The van der Waals surface area contributed by atoms with E-state index in [0.717, 1.165) is 79.6 Å². The van der Waals surface area contributed by atoms with Crippen LogP contribution in [0.3, 0.4) is 0 Å². The minimum Gasteiger partial charge on any atom is -0.340 e. The highest BCUT2D eigenvalue weighted by molar-refractivity contribution is 7.15. The van der Waals surface area contributed by atoms with Gasteiger partial charge < -0.3 is 15.1 Å². The van der Waals surface area contributed by atoms with Crippen LogP contribution in [0.5, 0.6) is 0 Å². The van der Waals surface area contributed by atoms with Crippen LogP contribution in [0.25, 0.3) is 10.6 Å². The molecule has 0 bridgehead atoms. The molecule has 2 fully saturated rings. The van der Waals surface area contributed by atoms with E-state index >= 15 is 0 Å². The Kier molecular flexibility index (Phi) is 6.87. The van der Waals surface area contributed by atoms with Crippen molar-refractivity contribution >= 4 is 28.9 Å². The zero-order valence-corrected chi connectivity index (χ0v) is 20.7. The van der Waals surface area contributed by atoms with Crippen LogP contribution in [0.2, 0.25) is 0 Å². The highest BCUT2D eigenvalue weighted by atomic mass is 32.1. The quantitative estimate of drug-likeness (QED) is 0.575. The van der Waals surface area contributed by atoms with Crippen molar-refractivity contribution in [2.45, 2.75) is 38.5 Å². The van der Waals surface area contributed by atoms with Crippen LogP contribution < -0.4 is 5.32 Å². The number of hydrogen-bond acceptors (Lipinski definition) is 7. The summed E-state index contributed by atoms with van der Waals surface area (Å²) >= 11 is 1.73. The Morgan fingerprint density at radius 1 is 1.03 bits per heavy atom. The standard InChI is InChI=1S/C26H32N6OS/c1-18-10-11-27-24(16-18)30-23-5-3-4-21(29-23)22-17-28-25(34-22)19-6-8-20(9-7-19)26(33)32-14-12-31(2)13-15-32/h3-5,10-11,16-17,19-20H,6-9,12-15H2,1-2H3,(H,27,29,30)/t19-,20-. The summed E-state index contributed by atoms with van der Waals surface area (Å²) in [4.78, 5) is 32.3. The van der Waals surface area contributed by atoms with Gasteiger partial charge in [0.25, 0.3) is 0 Å². The van der Waals surface area contributed by atoms with Crippen LogP contribution in [-0.2, 0) is 4.79 Å². The number of carbonyl (C=O) groups is 1. The zero-order chi connectivity index (χ0) is 23.5. The van der Waals surface area contributed by atoms with Crippen LogP contribution >= 0.6 is 11.3 Å². The molecule has 5 rings (SSSR count). The van der Waals surface area contributed by atoms with E-state index in [4.69, 9.17) is 9.97 Å². The van der Waals surface area contributed by atoms with Gasteiger partial charge in [-0.3, -0.25) is 4.79 Å². The molecule has 0 unspecified atom stereocenters. The predicted octanol–water partition coefficient (Wildman–Crippen LogP) is 4.70. The van der Waals surface area contributed by atoms with Gasteiger partial charge in [-0.15, -0.1) is 11.3 Å². The summed E-state index contributed by atoms with van der Waals surface area (Å²) < 4.78 is 0. The minimum absolute atomic E-state index is 0.179. The number of anilines is 2. The molecule has 1 saturated heterocycles. The number of hydrogen-bond donors (Lipinski definition) is 1. The average Bonchev–Trinajstić information content (AvgIpc) is 3.35. The Morgan fingerprint density at radius 2 is 1.82 bits per heavy atom. The number of rotatable bonds is 5. The first-order chi connectivity index (χ1) is 16.5. The van der Waals surface area contributed by atoms with Crippen molar-refractivity contribution in [3.63, 3.8) is 0 Å². The first-order valence-electron chi connectivity index (χ1n) is 12.2. The zero-order valence-electron chi connectivity index (χ0n) is 19.9. The molecular weight excluding hydrogens is 444 g/mol. The summed E-state index contributed by atoms with van der Waals surface area (Å²) in [5, 5.41) is 4.46. The van der Waals surface area contributed by atoms with Crippen LogP contribution in [0.15, 0.2) is 42.7 Å². The third kappa shape index (κ3) is 5.28. The molecular formula is C26H32N6OS. The third-order valence-electron chi connectivity index (χ3n) is 6.94. The fourth-order valence-electron chi connectivity index (χ4n) is 4.84. The summed E-state index contributed by atoms with van der Waals surface area (Å²) in [6, 6.07) is 9.97. The van der Waals surface area contributed by atoms with Crippen LogP contribution in [0.1, 0.15) is 42.2 Å². The van der Waals surface area contributed by atoms with Crippen molar-refractivity contribution in [1.82, 2.24) is 24.8 Å². The van der Waals surface area contributed by atoms with Gasteiger partial charge in [-0.05, 0) is 69.5 Å². The Labute approximate surface area is 205 Å². The summed E-state index contributed by atoms with van der Waals surface area (Å²) in [5.41, 5.74) is 2.07. The number of pyridine rings is 2. The second-order valence-electron chi connectivity index (χ2n) is 9.49. The van der Waals surface area contributed by atoms with Gasteiger partial charge in [-0.1, -0.05) is 6.07 Å². The summed E-state index contributed by atoms with van der Waals surface area (Å²) in [7, 11) is 2.12. The molecule has 0 spiro atoms. The summed E-state index contributed by atoms with van der Waals surface area (Å²) in [5.74, 6) is 2.54. The lowest BCUT2D eigenvalue weighted by Gasteiger charge is -2.36. The maximum atomic E-state index is 12.9. The first kappa shape index (κ1) is 22.9. The molecule has 1 saturated carbocycles. The Hall–Kier alpha value is -2.84. The third-order valence-corrected chi connectivity index (χ3v) is 8.12. The maximum Gasteiger partial charge on any atom is 0.225 e. The lowest BCUT2D eigenvalue weighted by atomic mass is 9.81. The molecule has 8 heteroatoms. The fourth-order valence-corrected chi connectivity index (χ4v) is 5.90. The molecule has 1 amide bonds. The van der Waals surface area contributed by atoms with E-state index in [2.05, 4.69) is 27.1 Å². The van der Waals surface area contributed by atoms with Gasteiger partial charge >= 0.3 is 0 Å². The molecule has 1 aliphatic heterocycles. The van der Waals surface area contributed by atoms with Gasteiger partial charge in [-0.25, -0.2) is 15.0 Å². The summed E-state index contributed by atoms with van der Waals surface area (Å²) in [6.45, 7) is 5.74. The number of thiazole rings is 1. The smallest absolute Gasteiger partial charge is 0.225 e. The van der Waals surface area contributed by atoms with Crippen molar-refractivity contribution in [2.75, 3.05) is 38.5 Å². The van der Waals surface area contributed by atoms with Gasteiger partial charge in [0, 0.05) is 50.4 Å². The first-order valence-corrected chi connectivity index (χ1v) is 13.0. The maximum absolute atomic E-state index is 12.9. The van der Waals surface area contributed by atoms with Gasteiger partial charge in [0.1, 0.15) is 11.6 Å². The lowest BCUT2D eigenvalue weighted by Crippen LogP contribution is -2.49. The van der Waals surface area contributed by atoms with E-state index in [-0.39, 0.29) is 5.92 Å². The Balaban J connectivity index is 1.20. The SMILES string of the molecule is Cc1ccnc(Nc2cccc(-c3cnc([C@H]4CC[C@H](C(=O)N5CCN(C)CC5)CC4)s3)n2)c1. The minimum atomic E-state index is 0.179. The monoisotopic (exact) mass is 476 g/mol. The molecule has 0 atom stereocenters. The van der Waals surface area contributed by atoms with E-state index in [1.54, 1.807) is 17.5 Å². The Morgan fingerprint density at radius 3 is 2.59 bits per heavy atom. The number of aryl methyl sites for hydroxylation is 1. The molecule has 2 aliphatic rings. The second-order valence-corrected chi connectivity index (χ2v) is 10.6. The van der Waals surface area contributed by atoms with Crippen LogP contribution in [0.4, 0.5) is 11.6 Å². The normalized spacial score (nSPS) is 21.4. The van der Waals surface area contributed by atoms with Crippen LogP contribution in [0, 0.1) is 12.8 Å².